The standard InChI is InChI=1S/C18H16N2O2/c21-12-15-7-2-1-6-14(15)11-19-18(22)17-10-9-13-5-3-4-8-16(13)20-17/h1-10,21H,11-12H2,(H,19,22). The zero-order valence-electron chi connectivity index (χ0n) is 12.0. The molecule has 0 radical (unpaired) electrons. The minimum atomic E-state index is -0.224. The zero-order chi connectivity index (χ0) is 15.4. The van der Waals surface area contributed by atoms with E-state index in [2.05, 4.69) is 10.3 Å². The average Bonchev–Trinajstić information content (AvgIpc) is 2.59. The van der Waals surface area contributed by atoms with Gasteiger partial charge in [-0.15, -0.1) is 0 Å². The Morgan fingerprint density at radius 3 is 2.50 bits per heavy atom. The number of amides is 1. The summed E-state index contributed by atoms with van der Waals surface area (Å²) >= 11 is 0. The van der Waals surface area contributed by atoms with Gasteiger partial charge in [0.15, 0.2) is 0 Å². The van der Waals surface area contributed by atoms with Gasteiger partial charge in [0.2, 0.25) is 0 Å². The molecule has 4 nitrogen and oxygen atoms in total. The molecule has 1 heterocycles. The Labute approximate surface area is 128 Å². The van der Waals surface area contributed by atoms with Gasteiger partial charge >= 0.3 is 0 Å². The number of benzene rings is 2. The van der Waals surface area contributed by atoms with Gasteiger partial charge < -0.3 is 10.4 Å². The number of carbonyl (C=O) groups excluding carboxylic acids is 1. The second-order valence-corrected chi connectivity index (χ2v) is 5.00. The van der Waals surface area contributed by atoms with E-state index in [1.54, 1.807) is 6.07 Å². The highest BCUT2D eigenvalue weighted by atomic mass is 16.3. The molecule has 1 amide bonds. The van der Waals surface area contributed by atoms with Gasteiger partial charge in [-0.1, -0.05) is 48.5 Å². The first-order chi connectivity index (χ1) is 10.8. The van der Waals surface area contributed by atoms with Crippen LogP contribution < -0.4 is 5.32 Å². The second kappa shape index (κ2) is 6.37. The summed E-state index contributed by atoms with van der Waals surface area (Å²) in [6.07, 6.45) is 0. The van der Waals surface area contributed by atoms with Crippen molar-refractivity contribution in [1.82, 2.24) is 10.3 Å². The monoisotopic (exact) mass is 292 g/mol. The van der Waals surface area contributed by atoms with Crippen molar-refractivity contribution in [2.45, 2.75) is 13.2 Å². The van der Waals surface area contributed by atoms with Crippen molar-refractivity contribution in [2.24, 2.45) is 0 Å². The van der Waals surface area contributed by atoms with Crippen molar-refractivity contribution in [3.63, 3.8) is 0 Å². The Hall–Kier alpha value is -2.72. The quantitative estimate of drug-likeness (QED) is 0.777. The summed E-state index contributed by atoms with van der Waals surface area (Å²) in [5.74, 6) is -0.224. The van der Waals surface area contributed by atoms with Crippen LogP contribution in [0.5, 0.6) is 0 Å². The maximum atomic E-state index is 12.2. The molecule has 0 bridgehead atoms. The molecule has 0 aliphatic rings. The van der Waals surface area contributed by atoms with Crippen LogP contribution in [0.15, 0.2) is 60.7 Å². The summed E-state index contributed by atoms with van der Waals surface area (Å²) in [7, 11) is 0. The van der Waals surface area contributed by atoms with Gasteiger partial charge in [-0.05, 0) is 23.3 Å². The van der Waals surface area contributed by atoms with Crippen molar-refractivity contribution >= 4 is 16.8 Å². The number of pyridine rings is 1. The van der Waals surface area contributed by atoms with Gasteiger partial charge in [0, 0.05) is 11.9 Å². The molecule has 4 heteroatoms. The topological polar surface area (TPSA) is 62.2 Å². The lowest BCUT2D eigenvalue weighted by molar-refractivity contribution is 0.0946. The van der Waals surface area contributed by atoms with E-state index in [0.717, 1.165) is 22.0 Å². The molecular formula is C18H16N2O2. The molecule has 0 unspecified atom stereocenters. The van der Waals surface area contributed by atoms with Crippen molar-refractivity contribution in [3.8, 4) is 0 Å². The van der Waals surface area contributed by atoms with Gasteiger partial charge in [-0.25, -0.2) is 4.98 Å². The van der Waals surface area contributed by atoms with E-state index in [-0.39, 0.29) is 12.5 Å². The van der Waals surface area contributed by atoms with Crippen molar-refractivity contribution < 1.29 is 9.90 Å². The predicted octanol–water partition coefficient (Wildman–Crippen LogP) is 2.66. The molecule has 0 saturated carbocycles. The largest absolute Gasteiger partial charge is 0.392 e. The van der Waals surface area contributed by atoms with Crippen LogP contribution in [0.25, 0.3) is 10.9 Å². The van der Waals surface area contributed by atoms with E-state index in [1.807, 2.05) is 54.6 Å². The number of carbonyl (C=O) groups is 1. The van der Waals surface area contributed by atoms with Crippen molar-refractivity contribution in [3.05, 3.63) is 77.5 Å². The third-order valence-corrected chi connectivity index (χ3v) is 3.56. The highest BCUT2D eigenvalue weighted by molar-refractivity contribution is 5.94. The fourth-order valence-corrected chi connectivity index (χ4v) is 2.34. The average molecular weight is 292 g/mol. The van der Waals surface area contributed by atoms with Crippen molar-refractivity contribution in [2.75, 3.05) is 0 Å². The Balaban J connectivity index is 1.75. The van der Waals surface area contributed by atoms with Crippen LogP contribution in [0.2, 0.25) is 0 Å². The fraction of sp³-hybridized carbons (Fsp3) is 0.111. The molecule has 0 atom stereocenters. The molecular weight excluding hydrogens is 276 g/mol. The van der Waals surface area contributed by atoms with E-state index >= 15 is 0 Å². The summed E-state index contributed by atoms with van der Waals surface area (Å²) in [5, 5.41) is 13.1. The van der Waals surface area contributed by atoms with Crippen LogP contribution >= 0.6 is 0 Å². The molecule has 22 heavy (non-hydrogen) atoms. The lowest BCUT2D eigenvalue weighted by Gasteiger charge is -2.09. The Morgan fingerprint density at radius 1 is 0.955 bits per heavy atom. The highest BCUT2D eigenvalue weighted by Gasteiger charge is 2.09. The summed E-state index contributed by atoms with van der Waals surface area (Å²) in [6, 6.07) is 18.8. The van der Waals surface area contributed by atoms with E-state index in [1.165, 1.54) is 0 Å². The smallest absolute Gasteiger partial charge is 0.270 e. The Bertz CT molecular complexity index is 815. The number of rotatable bonds is 4. The fourth-order valence-electron chi connectivity index (χ4n) is 2.34. The first kappa shape index (κ1) is 14.2. The Kier molecular flexibility index (Phi) is 4.12. The molecule has 1 aromatic heterocycles. The van der Waals surface area contributed by atoms with Gasteiger partial charge in [-0.2, -0.15) is 0 Å². The number of aromatic nitrogens is 1. The van der Waals surface area contributed by atoms with Crippen LogP contribution in [0.3, 0.4) is 0 Å². The van der Waals surface area contributed by atoms with E-state index in [4.69, 9.17) is 0 Å². The maximum Gasteiger partial charge on any atom is 0.270 e. The first-order valence-electron chi connectivity index (χ1n) is 7.09. The van der Waals surface area contributed by atoms with Gasteiger partial charge in [0.05, 0.1) is 12.1 Å². The predicted molar refractivity (Wildman–Crippen MR) is 85.3 cm³/mol. The SMILES string of the molecule is O=C(NCc1ccccc1CO)c1ccc2ccccc2n1. The molecule has 110 valence electrons. The number of hydrogen-bond donors (Lipinski definition) is 2. The summed E-state index contributed by atoms with van der Waals surface area (Å²) in [5.41, 5.74) is 2.90. The molecule has 0 aliphatic heterocycles. The third-order valence-electron chi connectivity index (χ3n) is 3.56. The van der Waals surface area contributed by atoms with Gasteiger partial charge in [0.1, 0.15) is 5.69 Å². The third kappa shape index (κ3) is 2.97. The number of hydrogen-bond acceptors (Lipinski definition) is 3. The number of nitrogens with one attached hydrogen (secondary N) is 1. The molecule has 2 N–H and O–H groups in total. The number of aliphatic hydroxyl groups is 1. The van der Waals surface area contributed by atoms with Gasteiger partial charge in [0.25, 0.3) is 5.91 Å². The minimum absolute atomic E-state index is 0.0414. The first-order valence-corrected chi connectivity index (χ1v) is 7.09. The minimum Gasteiger partial charge on any atom is -0.392 e. The maximum absolute atomic E-state index is 12.2. The van der Waals surface area contributed by atoms with Crippen LogP contribution in [-0.4, -0.2) is 16.0 Å². The molecule has 0 aliphatic carbocycles. The Morgan fingerprint density at radius 2 is 1.68 bits per heavy atom. The van der Waals surface area contributed by atoms with E-state index < -0.39 is 0 Å². The molecule has 3 rings (SSSR count). The van der Waals surface area contributed by atoms with Crippen LogP contribution in [-0.2, 0) is 13.2 Å². The number of aliphatic hydroxyl groups excluding tert-OH is 1. The summed E-state index contributed by atoms with van der Waals surface area (Å²) in [6.45, 7) is 0.324. The van der Waals surface area contributed by atoms with Crippen LogP contribution in [0.1, 0.15) is 21.6 Å². The molecule has 0 spiro atoms. The van der Waals surface area contributed by atoms with Gasteiger partial charge in [-0.3, -0.25) is 4.79 Å². The lowest BCUT2D eigenvalue weighted by atomic mass is 10.1. The molecule has 0 saturated heterocycles. The van der Waals surface area contributed by atoms with Crippen LogP contribution in [0.4, 0.5) is 0 Å². The zero-order valence-corrected chi connectivity index (χ0v) is 12.0. The van der Waals surface area contributed by atoms with Crippen molar-refractivity contribution in [1.29, 1.82) is 0 Å². The summed E-state index contributed by atoms with van der Waals surface area (Å²) < 4.78 is 0. The molecule has 0 fully saturated rings. The number of para-hydroxylation sites is 1. The van der Waals surface area contributed by atoms with Crippen LogP contribution in [0, 0.1) is 0 Å². The second-order valence-electron chi connectivity index (χ2n) is 5.00. The summed E-state index contributed by atoms with van der Waals surface area (Å²) in [4.78, 5) is 16.6. The molecule has 2 aromatic carbocycles. The number of fused-ring (bicyclic) bond motifs is 1. The molecule has 3 aromatic rings. The van der Waals surface area contributed by atoms with E-state index in [9.17, 15) is 9.90 Å². The highest BCUT2D eigenvalue weighted by Crippen LogP contribution is 2.12. The lowest BCUT2D eigenvalue weighted by Crippen LogP contribution is -2.24. The normalized spacial score (nSPS) is 10.6. The number of nitrogens with zero attached hydrogens (tertiary/aromatic N) is 1. The van der Waals surface area contributed by atoms with E-state index in [0.29, 0.717) is 12.2 Å².